The highest BCUT2D eigenvalue weighted by atomic mass is 32.2. The number of carbonyl (C=O) groups excluding carboxylic acids is 1. The molecule has 1 atom stereocenters. The molecule has 1 fully saturated rings. The molecule has 5 heteroatoms. The highest BCUT2D eigenvalue weighted by molar-refractivity contribution is 8.00. The van der Waals surface area contributed by atoms with Gasteiger partial charge in [0.25, 0.3) is 0 Å². The zero-order valence-corrected chi connectivity index (χ0v) is 14.5. The van der Waals surface area contributed by atoms with Crippen LogP contribution in [0.4, 0.5) is 4.39 Å². The summed E-state index contributed by atoms with van der Waals surface area (Å²) in [6, 6.07) is 14.5. The van der Waals surface area contributed by atoms with Crippen molar-refractivity contribution in [2.24, 2.45) is 0 Å². The summed E-state index contributed by atoms with van der Waals surface area (Å²) in [6.07, 6.45) is 0. The van der Waals surface area contributed by atoms with Crippen LogP contribution in [-0.4, -0.2) is 36.2 Å². The van der Waals surface area contributed by atoms with Crippen molar-refractivity contribution in [2.45, 2.75) is 17.9 Å². The van der Waals surface area contributed by atoms with Crippen molar-refractivity contribution in [3.05, 3.63) is 65.5 Å². The van der Waals surface area contributed by atoms with Gasteiger partial charge in [0.15, 0.2) is 0 Å². The summed E-state index contributed by atoms with van der Waals surface area (Å²) in [7, 11) is 0. The Bertz CT molecular complexity index is 722. The number of piperazine rings is 1. The molecule has 3 rings (SSSR count). The van der Waals surface area contributed by atoms with Gasteiger partial charge in [-0.15, -0.1) is 11.8 Å². The third kappa shape index (κ3) is 3.97. The molecule has 2 aromatic carbocycles. The third-order valence-electron chi connectivity index (χ3n) is 4.24. The molecule has 24 heavy (non-hydrogen) atoms. The number of nitrogens with one attached hydrogen (secondary N) is 1. The molecule has 1 saturated heterocycles. The fourth-order valence-electron chi connectivity index (χ4n) is 2.96. The van der Waals surface area contributed by atoms with Crippen LogP contribution in [0.2, 0.25) is 0 Å². The lowest BCUT2D eigenvalue weighted by Gasteiger charge is -2.36. The van der Waals surface area contributed by atoms with Gasteiger partial charge in [0.1, 0.15) is 5.82 Å². The molecule has 1 aliphatic heterocycles. The SMILES string of the molecule is Cc1ccccc1SCC(=O)N1CCNCC1c1cccc(F)c1. The first-order valence-electron chi connectivity index (χ1n) is 8.09. The van der Waals surface area contributed by atoms with Crippen molar-refractivity contribution in [1.29, 1.82) is 0 Å². The highest BCUT2D eigenvalue weighted by Gasteiger charge is 2.27. The van der Waals surface area contributed by atoms with Crippen LogP contribution in [0.1, 0.15) is 17.2 Å². The summed E-state index contributed by atoms with van der Waals surface area (Å²) in [5.74, 6) is 0.232. The smallest absolute Gasteiger partial charge is 0.233 e. The van der Waals surface area contributed by atoms with Gasteiger partial charge in [-0.3, -0.25) is 4.79 Å². The molecule has 2 aromatic rings. The van der Waals surface area contributed by atoms with Gasteiger partial charge < -0.3 is 10.2 Å². The molecule has 0 spiro atoms. The standard InChI is InChI=1S/C19H21FN2OS/c1-14-5-2-3-8-18(14)24-13-19(23)22-10-9-21-12-17(22)15-6-4-7-16(20)11-15/h2-8,11,17,21H,9-10,12-13H2,1H3. The Balaban J connectivity index is 1.71. The first-order chi connectivity index (χ1) is 11.6. The molecule has 3 nitrogen and oxygen atoms in total. The fourth-order valence-corrected chi connectivity index (χ4v) is 3.87. The van der Waals surface area contributed by atoms with Gasteiger partial charge in [-0.1, -0.05) is 30.3 Å². The Hall–Kier alpha value is -1.85. The Labute approximate surface area is 146 Å². The summed E-state index contributed by atoms with van der Waals surface area (Å²) in [5, 5.41) is 3.30. The number of rotatable bonds is 4. The second kappa shape index (κ2) is 7.81. The molecule has 1 unspecified atom stereocenters. The van der Waals surface area contributed by atoms with Crippen LogP contribution in [0.5, 0.6) is 0 Å². The van der Waals surface area contributed by atoms with Crippen LogP contribution in [0.15, 0.2) is 53.4 Å². The van der Waals surface area contributed by atoms with E-state index in [1.165, 1.54) is 17.7 Å². The molecule has 126 valence electrons. The van der Waals surface area contributed by atoms with Gasteiger partial charge in [-0.25, -0.2) is 4.39 Å². The quantitative estimate of drug-likeness (QED) is 0.863. The average Bonchev–Trinajstić information content (AvgIpc) is 2.61. The number of nitrogens with zero attached hydrogens (tertiary/aromatic N) is 1. The molecule has 0 aromatic heterocycles. The molecule has 0 bridgehead atoms. The second-order valence-electron chi connectivity index (χ2n) is 5.92. The number of halogens is 1. The number of benzene rings is 2. The summed E-state index contributed by atoms with van der Waals surface area (Å²) in [4.78, 5) is 15.7. The minimum Gasteiger partial charge on any atom is -0.332 e. The molecule has 1 aliphatic rings. The van der Waals surface area contributed by atoms with Crippen molar-refractivity contribution in [1.82, 2.24) is 10.2 Å². The van der Waals surface area contributed by atoms with Crippen LogP contribution < -0.4 is 5.32 Å². The van der Waals surface area contributed by atoms with E-state index in [4.69, 9.17) is 0 Å². The molecular formula is C19H21FN2OS. The first kappa shape index (κ1) is 17.0. The van der Waals surface area contributed by atoms with Gasteiger partial charge in [0.2, 0.25) is 5.91 Å². The van der Waals surface area contributed by atoms with Gasteiger partial charge in [-0.2, -0.15) is 0 Å². The number of carbonyl (C=O) groups is 1. The predicted molar refractivity (Wildman–Crippen MR) is 95.6 cm³/mol. The minimum absolute atomic E-state index is 0.0963. The lowest BCUT2D eigenvalue weighted by Crippen LogP contribution is -2.49. The van der Waals surface area contributed by atoms with Crippen molar-refractivity contribution in [3.63, 3.8) is 0 Å². The third-order valence-corrected chi connectivity index (χ3v) is 5.40. The fraction of sp³-hybridized carbons (Fsp3) is 0.316. The molecular weight excluding hydrogens is 323 g/mol. The lowest BCUT2D eigenvalue weighted by molar-refractivity contribution is -0.131. The topological polar surface area (TPSA) is 32.3 Å². The molecule has 0 aliphatic carbocycles. The van der Waals surface area contributed by atoms with Crippen molar-refractivity contribution in [3.8, 4) is 0 Å². The van der Waals surface area contributed by atoms with Gasteiger partial charge >= 0.3 is 0 Å². The van der Waals surface area contributed by atoms with Crippen LogP contribution in [0.3, 0.4) is 0 Å². The van der Waals surface area contributed by atoms with Crippen molar-refractivity contribution < 1.29 is 9.18 Å². The van der Waals surface area contributed by atoms with Crippen molar-refractivity contribution in [2.75, 3.05) is 25.4 Å². The Kier molecular flexibility index (Phi) is 5.53. The maximum atomic E-state index is 13.5. The van der Waals surface area contributed by atoms with Crippen LogP contribution in [-0.2, 0) is 4.79 Å². The number of thioether (sulfide) groups is 1. The van der Waals surface area contributed by atoms with E-state index in [9.17, 15) is 9.18 Å². The minimum atomic E-state index is -0.264. The molecule has 1 amide bonds. The highest BCUT2D eigenvalue weighted by Crippen LogP contribution is 2.26. The lowest BCUT2D eigenvalue weighted by atomic mass is 10.0. The average molecular weight is 344 g/mol. The normalized spacial score (nSPS) is 17.8. The van der Waals surface area contributed by atoms with E-state index in [0.29, 0.717) is 18.8 Å². The molecule has 0 radical (unpaired) electrons. The van der Waals surface area contributed by atoms with E-state index >= 15 is 0 Å². The van der Waals surface area contributed by atoms with E-state index in [0.717, 1.165) is 17.0 Å². The van der Waals surface area contributed by atoms with Crippen LogP contribution >= 0.6 is 11.8 Å². The number of aryl methyl sites for hydroxylation is 1. The van der Waals surface area contributed by atoms with E-state index < -0.39 is 0 Å². The van der Waals surface area contributed by atoms with Gasteiger partial charge in [0.05, 0.1) is 11.8 Å². The second-order valence-corrected chi connectivity index (χ2v) is 6.93. The van der Waals surface area contributed by atoms with Crippen LogP contribution in [0, 0.1) is 12.7 Å². The molecule has 0 saturated carbocycles. The molecule has 1 heterocycles. The maximum absolute atomic E-state index is 13.5. The Morgan fingerprint density at radius 3 is 2.92 bits per heavy atom. The predicted octanol–water partition coefficient (Wildman–Crippen LogP) is 3.40. The van der Waals surface area contributed by atoms with E-state index in [1.807, 2.05) is 42.2 Å². The maximum Gasteiger partial charge on any atom is 0.233 e. The number of hydrogen-bond donors (Lipinski definition) is 1. The molecule has 1 N–H and O–H groups in total. The summed E-state index contributed by atoms with van der Waals surface area (Å²) < 4.78 is 13.5. The Morgan fingerprint density at radius 1 is 1.29 bits per heavy atom. The number of hydrogen-bond acceptors (Lipinski definition) is 3. The number of amides is 1. The van der Waals surface area contributed by atoms with E-state index in [-0.39, 0.29) is 17.8 Å². The van der Waals surface area contributed by atoms with Crippen LogP contribution in [0.25, 0.3) is 0 Å². The Morgan fingerprint density at radius 2 is 2.12 bits per heavy atom. The largest absolute Gasteiger partial charge is 0.332 e. The summed E-state index contributed by atoms with van der Waals surface area (Å²) >= 11 is 1.56. The monoisotopic (exact) mass is 344 g/mol. The summed E-state index contributed by atoms with van der Waals surface area (Å²) in [5.41, 5.74) is 2.02. The zero-order valence-electron chi connectivity index (χ0n) is 13.7. The summed E-state index contributed by atoms with van der Waals surface area (Å²) in [6.45, 7) is 4.12. The van der Waals surface area contributed by atoms with Gasteiger partial charge in [-0.05, 0) is 36.2 Å². The van der Waals surface area contributed by atoms with E-state index in [1.54, 1.807) is 17.8 Å². The van der Waals surface area contributed by atoms with E-state index in [2.05, 4.69) is 5.32 Å². The first-order valence-corrected chi connectivity index (χ1v) is 9.08. The zero-order chi connectivity index (χ0) is 16.9. The van der Waals surface area contributed by atoms with Crippen molar-refractivity contribution >= 4 is 17.7 Å². The van der Waals surface area contributed by atoms with Gasteiger partial charge in [0, 0.05) is 24.5 Å².